The van der Waals surface area contributed by atoms with Gasteiger partial charge < -0.3 is 0 Å². The smallest absolute Gasteiger partial charge is 0.0697 e. The first-order valence-corrected chi connectivity index (χ1v) is 5.08. The number of hydrogen-bond donors (Lipinski definition) is 0. The Hall–Kier alpha value is -1.37. The average Bonchev–Trinajstić information content (AvgIpc) is 2.26. The van der Waals surface area contributed by atoms with Crippen LogP contribution in [-0.4, -0.2) is 6.72 Å². The van der Waals surface area contributed by atoms with Crippen LogP contribution in [0.3, 0.4) is 0 Å². The molecular weight excluding hydrogens is 170 g/mol. The van der Waals surface area contributed by atoms with Crippen molar-refractivity contribution in [1.29, 1.82) is 0 Å². The van der Waals surface area contributed by atoms with Crippen molar-refractivity contribution in [3.8, 4) is 0 Å². The van der Waals surface area contributed by atoms with Crippen LogP contribution < -0.4 is 0 Å². The summed E-state index contributed by atoms with van der Waals surface area (Å²) in [6.07, 6.45) is 4.36. The molecule has 0 N–H and O–H groups in total. The lowest BCUT2D eigenvalue weighted by Gasteiger charge is -2.07. The van der Waals surface area contributed by atoms with Gasteiger partial charge in [-0.25, -0.2) is 0 Å². The summed E-state index contributed by atoms with van der Waals surface area (Å²) in [6, 6.07) is 8.15. The van der Waals surface area contributed by atoms with Crippen molar-refractivity contribution in [2.45, 2.75) is 26.7 Å². The Morgan fingerprint density at radius 1 is 1.36 bits per heavy atom. The topological polar surface area (TPSA) is 12.4 Å². The van der Waals surface area contributed by atoms with Gasteiger partial charge in [0.05, 0.1) is 5.69 Å². The minimum absolute atomic E-state index is 0.981. The van der Waals surface area contributed by atoms with Crippen LogP contribution in [-0.2, 0) is 0 Å². The van der Waals surface area contributed by atoms with Gasteiger partial charge in [-0.3, -0.25) is 4.99 Å². The third-order valence-electron chi connectivity index (χ3n) is 2.25. The van der Waals surface area contributed by atoms with Gasteiger partial charge in [-0.15, -0.1) is 0 Å². The molecule has 1 aromatic rings. The fraction of sp³-hybridized carbons (Fsp3) is 0.308. The summed E-state index contributed by atoms with van der Waals surface area (Å²) in [7, 11) is 0. The van der Waals surface area contributed by atoms with Gasteiger partial charge in [0.2, 0.25) is 0 Å². The fourth-order valence-electron chi connectivity index (χ4n) is 1.57. The van der Waals surface area contributed by atoms with E-state index in [0.29, 0.717) is 0 Å². The van der Waals surface area contributed by atoms with Crippen LogP contribution >= 0.6 is 0 Å². The molecule has 1 heteroatoms. The molecule has 0 unspecified atom stereocenters. The Labute approximate surface area is 86.2 Å². The van der Waals surface area contributed by atoms with Crippen LogP contribution in [0.25, 0.3) is 5.57 Å². The van der Waals surface area contributed by atoms with Gasteiger partial charge in [-0.05, 0) is 31.2 Å². The molecule has 1 rings (SSSR count). The predicted octanol–water partition coefficient (Wildman–Crippen LogP) is 4.22. The Bertz CT molecular complexity index is 337. The summed E-state index contributed by atoms with van der Waals surface area (Å²) in [5, 5.41) is 0. The van der Waals surface area contributed by atoms with Gasteiger partial charge in [-0.1, -0.05) is 38.1 Å². The molecule has 74 valence electrons. The number of nitrogens with zero attached hydrogens (tertiary/aromatic N) is 1. The fourth-order valence-corrected chi connectivity index (χ4v) is 1.57. The van der Waals surface area contributed by atoms with Crippen LogP contribution in [0.1, 0.15) is 32.3 Å². The lowest BCUT2D eigenvalue weighted by Crippen LogP contribution is -1.83. The van der Waals surface area contributed by atoms with E-state index < -0.39 is 0 Å². The highest BCUT2D eigenvalue weighted by molar-refractivity contribution is 5.75. The number of benzene rings is 1. The number of aliphatic imine (C=N–C) groups is 1. The molecule has 1 nitrogen and oxygen atoms in total. The third-order valence-corrected chi connectivity index (χ3v) is 2.25. The average molecular weight is 187 g/mol. The molecule has 0 bridgehead atoms. The summed E-state index contributed by atoms with van der Waals surface area (Å²) >= 11 is 0. The van der Waals surface area contributed by atoms with Crippen LogP contribution in [0, 0.1) is 0 Å². The minimum atomic E-state index is 0.981. The van der Waals surface area contributed by atoms with Crippen LogP contribution in [0.5, 0.6) is 0 Å². The first kappa shape index (κ1) is 10.7. The van der Waals surface area contributed by atoms with Crippen molar-refractivity contribution >= 4 is 18.0 Å². The minimum Gasteiger partial charge on any atom is -0.264 e. The molecular formula is C13H17N. The zero-order valence-electron chi connectivity index (χ0n) is 8.96. The second-order valence-corrected chi connectivity index (χ2v) is 3.17. The van der Waals surface area contributed by atoms with Crippen molar-refractivity contribution in [1.82, 2.24) is 0 Å². The normalized spacial score (nSPS) is 11.4. The molecule has 0 radical (unpaired) electrons. The van der Waals surface area contributed by atoms with Gasteiger partial charge in [0.1, 0.15) is 0 Å². The first-order valence-electron chi connectivity index (χ1n) is 5.08. The summed E-state index contributed by atoms with van der Waals surface area (Å²) in [5.74, 6) is 0. The summed E-state index contributed by atoms with van der Waals surface area (Å²) in [6.45, 7) is 7.91. The van der Waals surface area contributed by atoms with E-state index in [2.05, 4.69) is 37.7 Å². The molecule has 0 spiro atoms. The number of hydrogen-bond acceptors (Lipinski definition) is 1. The van der Waals surface area contributed by atoms with E-state index in [1.54, 1.807) is 0 Å². The van der Waals surface area contributed by atoms with Crippen LogP contribution in [0.15, 0.2) is 35.3 Å². The van der Waals surface area contributed by atoms with E-state index in [-0.39, 0.29) is 0 Å². The number of rotatable bonds is 4. The lowest BCUT2D eigenvalue weighted by molar-refractivity contribution is 1.17. The zero-order valence-corrected chi connectivity index (χ0v) is 8.96. The summed E-state index contributed by atoms with van der Waals surface area (Å²) in [4.78, 5) is 4.03. The second-order valence-electron chi connectivity index (χ2n) is 3.17. The molecule has 0 aromatic heterocycles. The monoisotopic (exact) mass is 187 g/mol. The Morgan fingerprint density at radius 3 is 2.64 bits per heavy atom. The highest BCUT2D eigenvalue weighted by atomic mass is 14.7. The number of para-hydroxylation sites is 1. The number of allylic oxidation sites excluding steroid dienone is 2. The molecule has 0 saturated heterocycles. The quantitative estimate of drug-likeness (QED) is 0.626. The van der Waals surface area contributed by atoms with Crippen LogP contribution in [0.4, 0.5) is 5.69 Å². The third kappa shape index (κ3) is 2.32. The molecule has 0 aliphatic rings. The molecule has 0 aliphatic heterocycles. The molecule has 0 aliphatic carbocycles. The van der Waals surface area contributed by atoms with Crippen molar-refractivity contribution in [2.24, 2.45) is 4.99 Å². The maximum Gasteiger partial charge on any atom is 0.0697 e. The molecule has 0 amide bonds. The van der Waals surface area contributed by atoms with Crippen molar-refractivity contribution in [3.63, 3.8) is 0 Å². The van der Waals surface area contributed by atoms with Gasteiger partial charge >= 0.3 is 0 Å². The molecule has 14 heavy (non-hydrogen) atoms. The van der Waals surface area contributed by atoms with E-state index in [9.17, 15) is 0 Å². The van der Waals surface area contributed by atoms with Crippen molar-refractivity contribution in [2.75, 3.05) is 0 Å². The van der Waals surface area contributed by atoms with E-state index in [1.165, 1.54) is 11.1 Å². The van der Waals surface area contributed by atoms with Gasteiger partial charge in [-0.2, -0.15) is 0 Å². The van der Waals surface area contributed by atoms with Gasteiger partial charge in [0.15, 0.2) is 0 Å². The standard InChI is InChI=1S/C13H17N/c1-4-8-11(5-2)12-9-6-7-10-13(12)14-3/h6-10H,3-5H2,1-2H3/b11-8-. The Morgan fingerprint density at radius 2 is 2.07 bits per heavy atom. The maximum atomic E-state index is 4.03. The van der Waals surface area contributed by atoms with E-state index in [0.717, 1.165) is 18.5 Å². The molecule has 0 fully saturated rings. The maximum absolute atomic E-state index is 4.03. The Kier molecular flexibility index (Phi) is 4.11. The second kappa shape index (κ2) is 5.38. The largest absolute Gasteiger partial charge is 0.264 e. The van der Waals surface area contributed by atoms with Crippen LogP contribution in [0.2, 0.25) is 0 Å². The van der Waals surface area contributed by atoms with E-state index in [4.69, 9.17) is 0 Å². The SMILES string of the molecule is C=Nc1ccccc1/C(=C\CC)CC. The molecule has 1 aromatic carbocycles. The zero-order chi connectivity index (χ0) is 10.4. The first-order chi connectivity index (χ1) is 6.83. The van der Waals surface area contributed by atoms with Crippen molar-refractivity contribution in [3.05, 3.63) is 35.9 Å². The predicted molar refractivity (Wildman–Crippen MR) is 64.2 cm³/mol. The van der Waals surface area contributed by atoms with E-state index >= 15 is 0 Å². The highest BCUT2D eigenvalue weighted by Gasteiger charge is 2.02. The van der Waals surface area contributed by atoms with E-state index in [1.807, 2.05) is 18.2 Å². The summed E-state index contributed by atoms with van der Waals surface area (Å²) in [5.41, 5.74) is 3.55. The van der Waals surface area contributed by atoms with Gasteiger partial charge in [0.25, 0.3) is 0 Å². The highest BCUT2D eigenvalue weighted by Crippen LogP contribution is 2.28. The van der Waals surface area contributed by atoms with Gasteiger partial charge in [0, 0.05) is 5.56 Å². The Balaban J connectivity index is 3.15. The lowest BCUT2D eigenvalue weighted by atomic mass is 10.0. The van der Waals surface area contributed by atoms with Crippen molar-refractivity contribution < 1.29 is 0 Å². The molecule has 0 atom stereocenters. The molecule has 0 saturated carbocycles. The summed E-state index contributed by atoms with van der Waals surface area (Å²) < 4.78 is 0. The molecule has 0 heterocycles.